The van der Waals surface area contributed by atoms with Crippen LogP contribution < -0.4 is 0 Å². The van der Waals surface area contributed by atoms with Gasteiger partial charge in [0.05, 0.1) is 12.7 Å². The zero-order valence-corrected chi connectivity index (χ0v) is 4.90. The maximum Gasteiger partial charge on any atom is 0.122 e. The molecule has 0 aromatic carbocycles. The van der Waals surface area contributed by atoms with E-state index in [4.69, 9.17) is 15.3 Å². The number of rotatable bonds is 4. The lowest BCUT2D eigenvalue weighted by atomic mass is 11.1. The molecular formula is C5H10O4. The fourth-order valence-electron chi connectivity index (χ4n) is 0.377. The molecule has 9 heavy (non-hydrogen) atoms. The average molecular weight is 139 g/mol. The van der Waals surface area contributed by atoms with Crippen molar-refractivity contribution < 1.29 is 20.1 Å². The van der Waals surface area contributed by atoms with Gasteiger partial charge in [0, 0.05) is 6.42 Å². The van der Waals surface area contributed by atoms with Gasteiger partial charge in [-0.15, -0.1) is 0 Å². The van der Waals surface area contributed by atoms with Crippen molar-refractivity contribution in [3.05, 3.63) is 0 Å². The van der Waals surface area contributed by atoms with Crippen LogP contribution in [0.1, 0.15) is 6.42 Å². The molecule has 0 saturated carbocycles. The quantitative estimate of drug-likeness (QED) is 0.320. The van der Waals surface area contributed by atoms with Crippen LogP contribution in [0.25, 0.3) is 0 Å². The van der Waals surface area contributed by atoms with Gasteiger partial charge in [0.15, 0.2) is 0 Å². The van der Waals surface area contributed by atoms with Crippen LogP contribution in [-0.2, 0) is 4.79 Å². The molecule has 0 aliphatic heterocycles. The maximum absolute atomic E-state index is 9.68. The lowest BCUT2D eigenvalue weighted by Crippen LogP contribution is -2.29. The zero-order chi connectivity index (χ0) is 7.28. The topological polar surface area (TPSA) is 77.8 Å². The molecule has 0 amide bonds. The van der Waals surface area contributed by atoms with E-state index in [1.807, 2.05) is 0 Å². The number of hydrogen-bond acceptors (Lipinski definition) is 4. The van der Waals surface area contributed by atoms with Crippen molar-refractivity contribution in [2.75, 3.05) is 6.61 Å². The molecule has 0 saturated heterocycles. The minimum absolute atomic E-state index is 0.137. The summed E-state index contributed by atoms with van der Waals surface area (Å²) in [6.07, 6.45) is -1.98. The number of carbonyl (C=O) groups is 1. The largest absolute Gasteiger partial charge is 0.394 e. The number of aliphatic hydroxyl groups is 3. The Kier molecular flexibility index (Phi) is 4.21. The number of aldehydes is 1. The van der Waals surface area contributed by atoms with Crippen LogP contribution in [0, 0.1) is 0 Å². The van der Waals surface area contributed by atoms with Crippen LogP contribution in [0.5, 0.6) is 0 Å². The summed E-state index contributed by atoms with van der Waals surface area (Å²) >= 11 is 0. The van der Waals surface area contributed by atoms with E-state index in [2.05, 4.69) is 0 Å². The van der Waals surface area contributed by atoms with Crippen molar-refractivity contribution >= 4 is 6.29 Å². The Morgan fingerprint density at radius 1 is 1.33 bits per heavy atom. The van der Waals surface area contributed by atoms with E-state index in [-0.39, 0.29) is 6.42 Å². The molecule has 4 nitrogen and oxygen atoms in total. The zero-order valence-electron chi connectivity index (χ0n) is 4.90. The highest BCUT2D eigenvalue weighted by atomic mass is 16.5. The van der Waals surface area contributed by atoms with Crippen molar-refractivity contribution in [3.8, 4) is 0 Å². The predicted molar refractivity (Wildman–Crippen MR) is 29.8 cm³/mol. The average Bonchev–Trinajstić information content (AvgIpc) is 1.87. The number of hydrogen-bond donors (Lipinski definition) is 3. The monoisotopic (exact) mass is 139 g/mol. The number of carbonyl (C=O) groups excluding carboxylic acids is 1. The van der Waals surface area contributed by atoms with Gasteiger partial charge in [-0.3, -0.25) is 0 Å². The summed E-state index contributed by atoms with van der Waals surface area (Å²) in [6, 6.07) is 0. The van der Waals surface area contributed by atoms with Gasteiger partial charge >= 0.3 is 0 Å². The summed E-state index contributed by atoms with van der Waals surface area (Å²) in [5.74, 6) is 0. The summed E-state index contributed by atoms with van der Waals surface area (Å²) in [4.78, 5) is 9.68. The van der Waals surface area contributed by atoms with Crippen molar-refractivity contribution in [2.45, 2.75) is 18.6 Å². The first kappa shape index (κ1) is 8.55. The van der Waals surface area contributed by atoms with Gasteiger partial charge in [-0.1, -0.05) is 0 Å². The minimum atomic E-state index is -1.20. The Hall–Kier alpha value is -0.450. The van der Waals surface area contributed by atoms with E-state index in [0.717, 1.165) is 0 Å². The first-order valence-electron chi connectivity index (χ1n) is 2.63. The molecular weight excluding hydrogens is 129 g/mol. The normalized spacial score (nSPS) is 16.8. The Labute approximate surface area is 52.7 Å². The predicted octanol–water partition coefficient (Wildman–Crippen LogP) is -1.71. The standard InChI is InChI=1S/C5H10O4/c6-2-1-4(8)5(9)3-7/h2,4-5,7-9H,1,3H2/t4-,5+/m0/s1/i1+1,2+1,3+1,4+1,5+1. The second-order valence-electron chi connectivity index (χ2n) is 1.72. The van der Waals surface area contributed by atoms with Crippen LogP contribution in [0.15, 0.2) is 0 Å². The highest BCUT2D eigenvalue weighted by Crippen LogP contribution is 1.94. The van der Waals surface area contributed by atoms with Gasteiger partial charge in [-0.2, -0.15) is 0 Å². The van der Waals surface area contributed by atoms with Gasteiger partial charge in [0.25, 0.3) is 0 Å². The fraction of sp³-hybridized carbons (Fsp3) is 0.800. The van der Waals surface area contributed by atoms with Crippen LogP contribution in [0.4, 0.5) is 0 Å². The van der Waals surface area contributed by atoms with E-state index in [1.165, 1.54) is 0 Å². The third-order valence-corrected chi connectivity index (χ3v) is 0.969. The van der Waals surface area contributed by atoms with E-state index in [1.54, 1.807) is 0 Å². The van der Waals surface area contributed by atoms with Gasteiger partial charge in [0.1, 0.15) is 12.4 Å². The first-order valence-corrected chi connectivity index (χ1v) is 2.63. The van der Waals surface area contributed by atoms with Crippen LogP contribution >= 0.6 is 0 Å². The second kappa shape index (κ2) is 4.43. The molecule has 0 rings (SSSR count). The van der Waals surface area contributed by atoms with E-state index in [9.17, 15) is 4.79 Å². The van der Waals surface area contributed by atoms with Gasteiger partial charge in [-0.25, -0.2) is 0 Å². The molecule has 0 fully saturated rings. The summed E-state index contributed by atoms with van der Waals surface area (Å²) in [5.41, 5.74) is 0. The maximum atomic E-state index is 9.68. The van der Waals surface area contributed by atoms with Crippen LogP contribution in [-0.4, -0.2) is 40.4 Å². The lowest BCUT2D eigenvalue weighted by Gasteiger charge is -2.11. The molecule has 3 N–H and O–H groups in total. The molecule has 0 radical (unpaired) electrons. The second-order valence-corrected chi connectivity index (χ2v) is 1.72. The van der Waals surface area contributed by atoms with E-state index >= 15 is 0 Å². The van der Waals surface area contributed by atoms with E-state index < -0.39 is 18.8 Å². The smallest absolute Gasteiger partial charge is 0.122 e. The summed E-state index contributed by atoms with van der Waals surface area (Å²) in [7, 11) is 0. The van der Waals surface area contributed by atoms with Gasteiger partial charge in [0.2, 0.25) is 0 Å². The van der Waals surface area contributed by atoms with Crippen molar-refractivity contribution in [2.24, 2.45) is 0 Å². The minimum Gasteiger partial charge on any atom is -0.394 e. The first-order chi connectivity index (χ1) is 4.22. The third-order valence-electron chi connectivity index (χ3n) is 0.969. The fourth-order valence-corrected chi connectivity index (χ4v) is 0.377. The van der Waals surface area contributed by atoms with Crippen molar-refractivity contribution in [1.82, 2.24) is 0 Å². The highest BCUT2D eigenvalue weighted by Gasteiger charge is 2.13. The molecule has 0 heterocycles. The molecule has 0 aromatic rings. The Morgan fingerprint density at radius 2 is 1.89 bits per heavy atom. The molecule has 0 aliphatic carbocycles. The summed E-state index contributed by atoms with van der Waals surface area (Å²) in [6.45, 7) is -0.519. The SMILES string of the molecule is O=[13CH][13CH2][13C@H](O)[13C@H](O)[13CH2]O. The Morgan fingerprint density at radius 3 is 2.22 bits per heavy atom. The summed E-state index contributed by atoms with van der Waals surface area (Å²) in [5, 5.41) is 25.5. The van der Waals surface area contributed by atoms with Crippen LogP contribution in [0.2, 0.25) is 0 Å². The number of aliphatic hydroxyl groups excluding tert-OH is 3. The lowest BCUT2D eigenvalue weighted by molar-refractivity contribution is -0.111. The van der Waals surface area contributed by atoms with Crippen LogP contribution in [0.3, 0.4) is 0 Å². The van der Waals surface area contributed by atoms with E-state index in [0.29, 0.717) is 6.29 Å². The summed E-state index contributed by atoms with van der Waals surface area (Å²) < 4.78 is 0. The van der Waals surface area contributed by atoms with Gasteiger partial charge in [-0.05, 0) is 0 Å². The molecule has 0 aliphatic rings. The third kappa shape index (κ3) is 3.18. The molecule has 0 aromatic heterocycles. The highest BCUT2D eigenvalue weighted by molar-refractivity contribution is 5.50. The Balaban J connectivity index is 3.44. The molecule has 0 unspecified atom stereocenters. The van der Waals surface area contributed by atoms with Crippen molar-refractivity contribution in [3.63, 3.8) is 0 Å². The molecule has 54 valence electrons. The molecule has 0 spiro atoms. The molecule has 4 heteroatoms. The van der Waals surface area contributed by atoms with Crippen molar-refractivity contribution in [1.29, 1.82) is 0 Å². The molecule has 0 bridgehead atoms. The van der Waals surface area contributed by atoms with Gasteiger partial charge < -0.3 is 20.1 Å². The molecule has 2 atom stereocenters. The Bertz CT molecular complexity index is 83.0.